The molecule has 0 fully saturated rings. The van der Waals surface area contributed by atoms with Crippen molar-refractivity contribution < 1.29 is 23.8 Å². The predicted molar refractivity (Wildman–Crippen MR) is 143 cm³/mol. The fourth-order valence-electron chi connectivity index (χ4n) is 3.30. The monoisotopic (exact) mass is 518 g/mol. The van der Waals surface area contributed by atoms with Crippen LogP contribution < -0.4 is 24.8 Å². The lowest BCUT2D eigenvalue weighted by Crippen LogP contribution is -2.13. The van der Waals surface area contributed by atoms with Crippen molar-refractivity contribution in [2.75, 3.05) is 31.0 Å². The van der Waals surface area contributed by atoms with Crippen LogP contribution in [0.4, 0.5) is 10.8 Å². The van der Waals surface area contributed by atoms with Gasteiger partial charge in [-0.15, -0.1) is 17.9 Å². The maximum Gasteiger partial charge on any atom is 0.268 e. The highest BCUT2D eigenvalue weighted by atomic mass is 32.1. The molecule has 190 valence electrons. The number of allylic oxidation sites excluding steroid dienone is 1. The third kappa shape index (κ3) is 7.95. The molecule has 0 spiro atoms. The molecule has 0 aliphatic rings. The Morgan fingerprint density at radius 2 is 1.92 bits per heavy atom. The van der Waals surface area contributed by atoms with Gasteiger partial charge in [0.15, 0.2) is 16.6 Å². The summed E-state index contributed by atoms with van der Waals surface area (Å²) >= 11 is 1.26. The molecular weight excluding hydrogens is 492 g/mol. The molecule has 2 amide bonds. The van der Waals surface area contributed by atoms with Gasteiger partial charge in [-0.1, -0.05) is 6.08 Å². The first-order valence-electron chi connectivity index (χ1n) is 11.2. The molecule has 0 unspecified atom stereocenters. The van der Waals surface area contributed by atoms with Crippen LogP contribution in [0.25, 0.3) is 6.08 Å². The van der Waals surface area contributed by atoms with E-state index < -0.39 is 5.91 Å². The average Bonchev–Trinajstić information content (AvgIpc) is 3.39. The number of rotatable bonds is 12. The number of thiazole rings is 1. The topological polar surface area (TPSA) is 123 Å². The van der Waals surface area contributed by atoms with Crippen molar-refractivity contribution in [3.05, 3.63) is 77.3 Å². The second kappa shape index (κ2) is 13.5. The number of nitriles is 1. The van der Waals surface area contributed by atoms with Crippen molar-refractivity contribution in [1.29, 1.82) is 5.26 Å². The summed E-state index contributed by atoms with van der Waals surface area (Å²) in [6, 6.07) is 12.5. The van der Waals surface area contributed by atoms with Gasteiger partial charge in [0.1, 0.15) is 30.6 Å². The lowest BCUT2D eigenvalue weighted by atomic mass is 10.0. The van der Waals surface area contributed by atoms with E-state index in [1.54, 1.807) is 48.0 Å². The number of ether oxygens (including phenoxy) is 3. The Balaban J connectivity index is 1.71. The Bertz CT molecular complexity index is 1310. The highest BCUT2D eigenvalue weighted by Gasteiger charge is 2.15. The number of benzene rings is 2. The zero-order chi connectivity index (χ0) is 26.6. The quantitative estimate of drug-likeness (QED) is 0.152. The molecule has 2 N–H and O–H groups in total. The molecule has 0 atom stereocenters. The predicted octanol–water partition coefficient (Wildman–Crippen LogP) is 4.84. The molecule has 2 aromatic carbocycles. The largest absolute Gasteiger partial charge is 0.493 e. The molecule has 0 aliphatic heterocycles. The lowest BCUT2D eigenvalue weighted by molar-refractivity contribution is -0.114. The van der Waals surface area contributed by atoms with E-state index in [-0.39, 0.29) is 24.7 Å². The Kier molecular flexibility index (Phi) is 9.82. The molecule has 1 heterocycles. The van der Waals surface area contributed by atoms with Crippen molar-refractivity contribution in [3.63, 3.8) is 0 Å². The van der Waals surface area contributed by atoms with Crippen LogP contribution in [0.3, 0.4) is 0 Å². The first-order chi connectivity index (χ1) is 17.9. The second-order valence-electron chi connectivity index (χ2n) is 7.57. The Morgan fingerprint density at radius 3 is 2.54 bits per heavy atom. The number of nitrogens with one attached hydrogen (secondary N) is 2. The van der Waals surface area contributed by atoms with E-state index in [2.05, 4.69) is 22.2 Å². The van der Waals surface area contributed by atoms with Gasteiger partial charge in [-0.3, -0.25) is 14.9 Å². The summed E-state index contributed by atoms with van der Waals surface area (Å²) in [4.78, 5) is 27.6. The molecule has 10 heteroatoms. The van der Waals surface area contributed by atoms with Gasteiger partial charge >= 0.3 is 0 Å². The summed E-state index contributed by atoms with van der Waals surface area (Å²) < 4.78 is 17.3. The van der Waals surface area contributed by atoms with Gasteiger partial charge in [0.25, 0.3) is 5.91 Å². The van der Waals surface area contributed by atoms with Crippen LogP contribution in [-0.4, -0.2) is 37.1 Å². The molecule has 0 saturated carbocycles. The number of methoxy groups -OCH3 is 1. The van der Waals surface area contributed by atoms with Crippen LogP contribution in [0.1, 0.15) is 18.1 Å². The van der Waals surface area contributed by atoms with Crippen molar-refractivity contribution in [3.8, 4) is 23.3 Å². The Hall–Kier alpha value is -4.62. The van der Waals surface area contributed by atoms with E-state index in [1.807, 2.05) is 12.1 Å². The van der Waals surface area contributed by atoms with Crippen LogP contribution in [0.5, 0.6) is 17.2 Å². The minimum atomic E-state index is -0.552. The van der Waals surface area contributed by atoms with Crippen LogP contribution in [0, 0.1) is 11.3 Å². The molecule has 0 radical (unpaired) electrons. The summed E-state index contributed by atoms with van der Waals surface area (Å²) in [6.07, 6.45) is 5.25. The van der Waals surface area contributed by atoms with Crippen molar-refractivity contribution in [1.82, 2.24) is 4.98 Å². The molecule has 3 aromatic rings. The summed E-state index contributed by atoms with van der Waals surface area (Å²) in [5.41, 5.74) is 1.98. The molecule has 0 aliphatic carbocycles. The molecular formula is C27H26N4O5S. The first kappa shape index (κ1) is 27.0. The molecule has 0 bridgehead atoms. The highest BCUT2D eigenvalue weighted by molar-refractivity contribution is 7.13. The van der Waals surface area contributed by atoms with Crippen LogP contribution >= 0.6 is 11.3 Å². The van der Waals surface area contributed by atoms with Crippen LogP contribution in [0.2, 0.25) is 0 Å². The maximum atomic E-state index is 12.5. The van der Waals surface area contributed by atoms with Gasteiger partial charge in [0.05, 0.1) is 7.11 Å². The highest BCUT2D eigenvalue weighted by Crippen LogP contribution is 2.34. The smallest absolute Gasteiger partial charge is 0.268 e. The third-order valence-electron chi connectivity index (χ3n) is 4.84. The van der Waals surface area contributed by atoms with E-state index in [1.165, 1.54) is 31.4 Å². The minimum Gasteiger partial charge on any atom is -0.493 e. The van der Waals surface area contributed by atoms with E-state index in [0.717, 1.165) is 5.56 Å². The van der Waals surface area contributed by atoms with Crippen LogP contribution in [-0.2, 0) is 16.0 Å². The van der Waals surface area contributed by atoms with E-state index in [0.29, 0.717) is 40.1 Å². The van der Waals surface area contributed by atoms with Gasteiger partial charge in [0, 0.05) is 29.8 Å². The summed E-state index contributed by atoms with van der Waals surface area (Å²) in [7, 11) is 1.51. The normalized spacial score (nSPS) is 10.7. The summed E-state index contributed by atoms with van der Waals surface area (Å²) in [5, 5.41) is 17.0. The lowest BCUT2D eigenvalue weighted by Gasteiger charge is -2.16. The molecule has 37 heavy (non-hydrogen) atoms. The number of hydrogen-bond donors (Lipinski definition) is 2. The van der Waals surface area contributed by atoms with E-state index >= 15 is 0 Å². The molecule has 3 rings (SSSR count). The van der Waals surface area contributed by atoms with Gasteiger partial charge in [0.2, 0.25) is 5.91 Å². The summed E-state index contributed by atoms with van der Waals surface area (Å²) in [5.74, 6) is 0.911. The second-order valence-corrected chi connectivity index (χ2v) is 8.46. The zero-order valence-electron chi connectivity index (χ0n) is 20.4. The standard InChI is InChI=1S/C27H26N4O5S/c1-4-5-20-14-19(15-21(17-28)26(33)31-27-29-10-13-37-27)16-24(34-3)25(20)36-12-11-35-23-8-6-22(7-9-23)30-18(2)32/h4,6-10,13-16H,1,5,11-12H2,2-3H3,(H,30,32)(H,29,31,33). The maximum absolute atomic E-state index is 12.5. The number of carbonyl (C=O) groups is 2. The average molecular weight is 519 g/mol. The number of amides is 2. The minimum absolute atomic E-state index is 0.0756. The number of anilines is 2. The summed E-state index contributed by atoms with van der Waals surface area (Å²) in [6.45, 7) is 5.76. The van der Waals surface area contributed by atoms with Crippen LogP contribution in [0.15, 0.2) is 66.2 Å². The van der Waals surface area contributed by atoms with E-state index in [4.69, 9.17) is 14.2 Å². The Labute approximate surface area is 219 Å². The molecule has 1 aromatic heterocycles. The number of hydrogen-bond acceptors (Lipinski definition) is 8. The molecule has 9 nitrogen and oxygen atoms in total. The number of nitrogens with zero attached hydrogens (tertiary/aromatic N) is 2. The molecule has 0 saturated heterocycles. The van der Waals surface area contributed by atoms with Gasteiger partial charge in [-0.05, 0) is 54.5 Å². The van der Waals surface area contributed by atoms with Gasteiger partial charge in [-0.25, -0.2) is 4.98 Å². The SMILES string of the molecule is C=CCc1cc(C=C(C#N)C(=O)Nc2nccs2)cc(OC)c1OCCOc1ccc(NC(C)=O)cc1. The Morgan fingerprint density at radius 1 is 1.16 bits per heavy atom. The van der Waals surface area contributed by atoms with Crippen molar-refractivity contribution in [2.45, 2.75) is 13.3 Å². The van der Waals surface area contributed by atoms with E-state index in [9.17, 15) is 14.9 Å². The first-order valence-corrected chi connectivity index (χ1v) is 12.1. The fraction of sp³-hybridized carbons (Fsp3) is 0.185. The zero-order valence-corrected chi connectivity index (χ0v) is 21.3. The third-order valence-corrected chi connectivity index (χ3v) is 5.53. The van der Waals surface area contributed by atoms with Crippen molar-refractivity contribution >= 4 is 40.0 Å². The van der Waals surface area contributed by atoms with Crippen molar-refractivity contribution in [2.24, 2.45) is 0 Å². The van der Waals surface area contributed by atoms with Gasteiger partial charge in [-0.2, -0.15) is 5.26 Å². The fourth-order valence-corrected chi connectivity index (χ4v) is 3.82. The van der Waals surface area contributed by atoms with Gasteiger partial charge < -0.3 is 19.5 Å². The number of aromatic nitrogens is 1. The number of carbonyl (C=O) groups excluding carboxylic acids is 2.